The van der Waals surface area contributed by atoms with Gasteiger partial charge in [-0.2, -0.15) is 0 Å². The van der Waals surface area contributed by atoms with Crippen LogP contribution >= 0.6 is 0 Å². The maximum Gasteiger partial charge on any atom is 0.316 e. The molecule has 0 aliphatic carbocycles. The smallest absolute Gasteiger partial charge is 0.316 e. The van der Waals surface area contributed by atoms with Crippen molar-refractivity contribution in [3.8, 4) is 5.75 Å². The number of benzene rings is 2. The maximum atomic E-state index is 12.6. The summed E-state index contributed by atoms with van der Waals surface area (Å²) in [6, 6.07) is 11.6. The van der Waals surface area contributed by atoms with Gasteiger partial charge in [0.1, 0.15) is 5.75 Å². The molecule has 4 heteroatoms. The number of para-hydroxylation sites is 1. The van der Waals surface area contributed by atoms with E-state index in [9.17, 15) is 9.59 Å². The second kappa shape index (κ2) is 6.71. The van der Waals surface area contributed by atoms with Crippen molar-refractivity contribution in [1.82, 2.24) is 0 Å². The minimum absolute atomic E-state index is 0.0275. The molecule has 1 amide bonds. The lowest BCUT2D eigenvalue weighted by atomic mass is 10.1. The standard InChI is InChI=1S/C21H23NO3/c1-13-7-6-10-18(16(13)4)25-21(24)17-11-19(23)22(12-17)20-14(2)8-5-9-15(20)3/h5-10,17H,11-12H2,1-4H3/t17-/m0/s1. The first-order valence-electron chi connectivity index (χ1n) is 8.53. The van der Waals surface area contributed by atoms with Crippen molar-refractivity contribution in [3.63, 3.8) is 0 Å². The first-order valence-corrected chi connectivity index (χ1v) is 8.53. The fourth-order valence-corrected chi connectivity index (χ4v) is 3.34. The normalized spacial score (nSPS) is 17.0. The van der Waals surface area contributed by atoms with Gasteiger partial charge < -0.3 is 9.64 Å². The van der Waals surface area contributed by atoms with Crippen molar-refractivity contribution < 1.29 is 14.3 Å². The van der Waals surface area contributed by atoms with E-state index in [2.05, 4.69) is 0 Å². The lowest BCUT2D eigenvalue weighted by Gasteiger charge is -2.21. The molecule has 0 aromatic heterocycles. The van der Waals surface area contributed by atoms with E-state index in [4.69, 9.17) is 4.74 Å². The molecule has 25 heavy (non-hydrogen) atoms. The SMILES string of the molecule is Cc1cccc(OC(=O)[C@H]2CC(=O)N(c3c(C)cccc3C)C2)c1C. The van der Waals surface area contributed by atoms with Gasteiger partial charge in [-0.05, 0) is 56.0 Å². The number of hydrogen-bond donors (Lipinski definition) is 0. The highest BCUT2D eigenvalue weighted by molar-refractivity contribution is 6.00. The number of anilines is 1. The Kier molecular flexibility index (Phi) is 4.62. The van der Waals surface area contributed by atoms with Gasteiger partial charge in [0.05, 0.1) is 5.92 Å². The molecule has 2 aromatic carbocycles. The molecular formula is C21H23NO3. The molecule has 0 spiro atoms. The predicted octanol–water partition coefficient (Wildman–Crippen LogP) is 3.88. The van der Waals surface area contributed by atoms with Gasteiger partial charge in [0.2, 0.25) is 5.91 Å². The highest BCUT2D eigenvalue weighted by atomic mass is 16.5. The number of carbonyl (C=O) groups is 2. The first kappa shape index (κ1) is 17.2. The highest BCUT2D eigenvalue weighted by Crippen LogP contribution is 2.32. The molecule has 0 radical (unpaired) electrons. The monoisotopic (exact) mass is 337 g/mol. The summed E-state index contributed by atoms with van der Waals surface area (Å²) in [6.45, 7) is 8.25. The van der Waals surface area contributed by atoms with E-state index in [1.807, 2.05) is 58.0 Å². The summed E-state index contributed by atoms with van der Waals surface area (Å²) >= 11 is 0. The number of esters is 1. The maximum absolute atomic E-state index is 12.6. The van der Waals surface area contributed by atoms with Crippen molar-refractivity contribution in [1.29, 1.82) is 0 Å². The third-order valence-electron chi connectivity index (χ3n) is 4.93. The number of carbonyl (C=O) groups excluding carboxylic acids is 2. The number of ether oxygens (including phenoxy) is 1. The zero-order valence-electron chi connectivity index (χ0n) is 15.1. The number of aryl methyl sites for hydroxylation is 3. The van der Waals surface area contributed by atoms with Crippen LogP contribution in [0.4, 0.5) is 5.69 Å². The number of amides is 1. The van der Waals surface area contributed by atoms with E-state index >= 15 is 0 Å². The van der Waals surface area contributed by atoms with Crippen LogP contribution < -0.4 is 9.64 Å². The summed E-state index contributed by atoms with van der Waals surface area (Å²) in [5.74, 6) is -0.231. The van der Waals surface area contributed by atoms with Gasteiger partial charge in [-0.3, -0.25) is 9.59 Å². The van der Waals surface area contributed by atoms with Crippen LogP contribution in [0.2, 0.25) is 0 Å². The van der Waals surface area contributed by atoms with Crippen LogP contribution in [-0.2, 0) is 9.59 Å². The molecule has 3 rings (SSSR count). The number of rotatable bonds is 3. The van der Waals surface area contributed by atoms with Crippen LogP contribution in [0.25, 0.3) is 0 Å². The molecule has 1 aliphatic heterocycles. The van der Waals surface area contributed by atoms with Crippen LogP contribution in [-0.4, -0.2) is 18.4 Å². The second-order valence-corrected chi connectivity index (χ2v) is 6.76. The van der Waals surface area contributed by atoms with Crippen LogP contribution in [0.15, 0.2) is 36.4 Å². The topological polar surface area (TPSA) is 46.6 Å². The Morgan fingerprint density at radius 3 is 2.28 bits per heavy atom. The van der Waals surface area contributed by atoms with E-state index in [1.54, 1.807) is 11.0 Å². The highest BCUT2D eigenvalue weighted by Gasteiger charge is 2.37. The first-order chi connectivity index (χ1) is 11.9. The van der Waals surface area contributed by atoms with Crippen LogP contribution in [0.1, 0.15) is 28.7 Å². The molecule has 1 heterocycles. The fourth-order valence-electron chi connectivity index (χ4n) is 3.34. The Bertz CT molecular complexity index is 821. The van der Waals surface area contributed by atoms with Gasteiger partial charge in [-0.1, -0.05) is 30.3 Å². The van der Waals surface area contributed by atoms with E-state index < -0.39 is 5.92 Å². The molecule has 0 N–H and O–H groups in total. The van der Waals surface area contributed by atoms with Crippen LogP contribution in [0, 0.1) is 33.6 Å². The Morgan fingerprint density at radius 2 is 1.60 bits per heavy atom. The Balaban J connectivity index is 1.78. The quantitative estimate of drug-likeness (QED) is 0.631. The molecule has 1 saturated heterocycles. The molecule has 4 nitrogen and oxygen atoms in total. The molecule has 130 valence electrons. The minimum atomic E-state index is -0.439. The molecule has 1 fully saturated rings. The van der Waals surface area contributed by atoms with Gasteiger partial charge in [0.25, 0.3) is 0 Å². The second-order valence-electron chi connectivity index (χ2n) is 6.76. The molecule has 2 aromatic rings. The molecule has 0 bridgehead atoms. The largest absolute Gasteiger partial charge is 0.426 e. The van der Waals surface area contributed by atoms with E-state index in [1.165, 1.54) is 0 Å². The average Bonchev–Trinajstić information content (AvgIpc) is 2.93. The van der Waals surface area contributed by atoms with Gasteiger partial charge in [-0.15, -0.1) is 0 Å². The van der Waals surface area contributed by atoms with Gasteiger partial charge in [0.15, 0.2) is 0 Å². The summed E-state index contributed by atoms with van der Waals surface area (Å²) in [4.78, 5) is 26.8. The number of nitrogens with zero attached hydrogens (tertiary/aromatic N) is 1. The Hall–Kier alpha value is -2.62. The molecular weight excluding hydrogens is 314 g/mol. The zero-order valence-corrected chi connectivity index (χ0v) is 15.1. The Labute approximate surface area is 148 Å². The number of hydrogen-bond acceptors (Lipinski definition) is 3. The van der Waals surface area contributed by atoms with Crippen molar-refractivity contribution in [2.24, 2.45) is 5.92 Å². The summed E-state index contributed by atoms with van der Waals surface area (Å²) in [7, 11) is 0. The summed E-state index contributed by atoms with van der Waals surface area (Å²) < 4.78 is 5.59. The summed E-state index contributed by atoms with van der Waals surface area (Å²) in [5.41, 5.74) is 5.01. The zero-order chi connectivity index (χ0) is 18.1. The van der Waals surface area contributed by atoms with Gasteiger partial charge in [-0.25, -0.2) is 0 Å². The summed E-state index contributed by atoms with van der Waals surface area (Å²) in [6.07, 6.45) is 0.192. The molecule has 0 saturated carbocycles. The lowest BCUT2D eigenvalue weighted by Crippen LogP contribution is -2.28. The lowest BCUT2D eigenvalue weighted by molar-refractivity contribution is -0.139. The van der Waals surface area contributed by atoms with Crippen LogP contribution in [0.5, 0.6) is 5.75 Å². The van der Waals surface area contributed by atoms with E-state index in [0.717, 1.165) is 27.9 Å². The third kappa shape index (κ3) is 3.29. The molecule has 0 unspecified atom stereocenters. The minimum Gasteiger partial charge on any atom is -0.426 e. The van der Waals surface area contributed by atoms with Crippen molar-refractivity contribution in [2.45, 2.75) is 34.1 Å². The van der Waals surface area contributed by atoms with Crippen molar-refractivity contribution in [2.75, 3.05) is 11.4 Å². The third-order valence-corrected chi connectivity index (χ3v) is 4.93. The molecule has 1 aliphatic rings. The van der Waals surface area contributed by atoms with Crippen molar-refractivity contribution >= 4 is 17.6 Å². The van der Waals surface area contributed by atoms with E-state index in [-0.39, 0.29) is 18.3 Å². The van der Waals surface area contributed by atoms with Crippen molar-refractivity contribution in [3.05, 3.63) is 58.7 Å². The Morgan fingerprint density at radius 1 is 1.00 bits per heavy atom. The summed E-state index contributed by atoms with van der Waals surface area (Å²) in [5, 5.41) is 0. The fraction of sp³-hybridized carbons (Fsp3) is 0.333. The van der Waals surface area contributed by atoms with Crippen LogP contribution in [0.3, 0.4) is 0 Å². The molecule has 1 atom stereocenters. The van der Waals surface area contributed by atoms with Gasteiger partial charge in [0, 0.05) is 18.7 Å². The average molecular weight is 337 g/mol. The predicted molar refractivity (Wildman–Crippen MR) is 97.9 cm³/mol. The van der Waals surface area contributed by atoms with Gasteiger partial charge >= 0.3 is 5.97 Å². The van der Waals surface area contributed by atoms with E-state index in [0.29, 0.717) is 12.3 Å².